The van der Waals surface area contributed by atoms with Crippen LogP contribution in [0.4, 0.5) is 11.5 Å². The molecule has 0 spiro atoms. The summed E-state index contributed by atoms with van der Waals surface area (Å²) >= 11 is 0. The number of piperazine rings is 1. The summed E-state index contributed by atoms with van der Waals surface area (Å²) in [6, 6.07) is 15.8. The van der Waals surface area contributed by atoms with Crippen LogP contribution >= 0.6 is 0 Å². The van der Waals surface area contributed by atoms with Gasteiger partial charge in [0.2, 0.25) is 5.91 Å². The zero-order valence-corrected chi connectivity index (χ0v) is 24.6. The monoisotopic (exact) mass is 565 g/mol. The summed E-state index contributed by atoms with van der Waals surface area (Å²) in [6.45, 7) is 10.7. The number of hydrogen-bond donors (Lipinski definition) is 0. The topological polar surface area (TPSA) is 88.8 Å². The molecule has 3 aromatic rings. The van der Waals surface area contributed by atoms with Crippen molar-refractivity contribution in [3.63, 3.8) is 0 Å². The van der Waals surface area contributed by atoms with E-state index in [2.05, 4.69) is 77.7 Å². The van der Waals surface area contributed by atoms with E-state index in [9.17, 15) is 10.1 Å². The number of amides is 1. The van der Waals surface area contributed by atoms with Crippen LogP contribution in [0.5, 0.6) is 6.01 Å². The Morgan fingerprint density at radius 2 is 1.95 bits per heavy atom. The number of likely N-dealkylation sites (N-methyl/N-ethyl adjacent to an activating group) is 1. The van der Waals surface area contributed by atoms with Crippen LogP contribution in [0.25, 0.3) is 10.8 Å². The number of rotatable bonds is 7. The summed E-state index contributed by atoms with van der Waals surface area (Å²) in [5.41, 5.74) is 4.59. The zero-order valence-electron chi connectivity index (χ0n) is 24.6. The van der Waals surface area contributed by atoms with E-state index in [0.29, 0.717) is 44.8 Å². The minimum absolute atomic E-state index is 0.134. The summed E-state index contributed by atoms with van der Waals surface area (Å²) in [5.74, 6) is 0.738. The normalized spacial score (nSPS) is 20.8. The molecule has 9 nitrogen and oxygen atoms in total. The highest BCUT2D eigenvalue weighted by atomic mass is 16.5. The van der Waals surface area contributed by atoms with Crippen LogP contribution in [-0.2, 0) is 17.8 Å². The number of aromatic nitrogens is 2. The van der Waals surface area contributed by atoms with Crippen LogP contribution in [-0.4, -0.2) is 84.1 Å². The van der Waals surface area contributed by atoms with E-state index in [1.54, 1.807) is 4.90 Å². The van der Waals surface area contributed by atoms with Gasteiger partial charge >= 0.3 is 6.01 Å². The van der Waals surface area contributed by atoms with E-state index in [0.717, 1.165) is 43.0 Å². The molecular formula is C33H39N7O2. The second-order valence-electron chi connectivity index (χ2n) is 11.7. The van der Waals surface area contributed by atoms with Crippen molar-refractivity contribution in [1.82, 2.24) is 19.8 Å². The first-order valence-corrected chi connectivity index (χ1v) is 15.0. The molecule has 6 rings (SSSR count). The van der Waals surface area contributed by atoms with E-state index >= 15 is 0 Å². The van der Waals surface area contributed by atoms with Gasteiger partial charge in [0.15, 0.2) is 0 Å². The fourth-order valence-electron chi connectivity index (χ4n) is 6.79. The maximum Gasteiger partial charge on any atom is 0.318 e. The third kappa shape index (κ3) is 5.39. The average molecular weight is 566 g/mol. The van der Waals surface area contributed by atoms with Crippen molar-refractivity contribution in [3.05, 3.63) is 65.9 Å². The van der Waals surface area contributed by atoms with Crippen LogP contribution < -0.4 is 14.5 Å². The Morgan fingerprint density at radius 3 is 2.71 bits per heavy atom. The molecular weight excluding hydrogens is 526 g/mol. The molecule has 0 radical (unpaired) electrons. The minimum atomic E-state index is -0.227. The first-order chi connectivity index (χ1) is 20.5. The lowest BCUT2D eigenvalue weighted by atomic mass is 9.99. The molecule has 0 saturated carbocycles. The fraction of sp³-hybridized carbons (Fsp3) is 0.455. The van der Waals surface area contributed by atoms with Crippen LogP contribution in [0.15, 0.2) is 49.1 Å². The molecule has 2 saturated heterocycles. The molecule has 0 aliphatic carbocycles. The second kappa shape index (κ2) is 12.0. The molecule has 1 amide bonds. The van der Waals surface area contributed by atoms with Gasteiger partial charge in [0.05, 0.1) is 30.8 Å². The Hall–Kier alpha value is -4.16. The molecule has 3 aliphatic heterocycles. The van der Waals surface area contributed by atoms with Crippen molar-refractivity contribution in [1.29, 1.82) is 5.26 Å². The third-order valence-electron chi connectivity index (χ3n) is 9.10. The van der Waals surface area contributed by atoms with Gasteiger partial charge in [0.25, 0.3) is 0 Å². The standard InChI is InChI=1S/C33H39N7O2/c1-4-30(41)40-19-18-39(20-25(40)13-15-34)32-27-14-17-38(29-12-6-10-24-9-5-8-23(2)31(24)29)21-28(27)35-33(36-32)42-22-26-11-7-16-37(26)3/h4-6,8-10,12,25-26H,1,7,11,13-14,16-22H2,2-3H3/t25?,26-/m0/s1. The van der Waals surface area contributed by atoms with E-state index in [4.69, 9.17) is 14.7 Å². The van der Waals surface area contributed by atoms with Crippen LogP contribution in [0.3, 0.4) is 0 Å². The number of ether oxygens (including phenoxy) is 1. The smallest absolute Gasteiger partial charge is 0.318 e. The maximum absolute atomic E-state index is 12.5. The molecule has 1 aromatic heterocycles. The Bertz CT molecular complexity index is 1530. The summed E-state index contributed by atoms with van der Waals surface area (Å²) < 4.78 is 6.30. The number of carbonyl (C=O) groups is 1. The number of anilines is 2. The van der Waals surface area contributed by atoms with E-state index in [1.165, 1.54) is 34.5 Å². The number of benzene rings is 2. The van der Waals surface area contributed by atoms with E-state index in [1.807, 2.05) is 0 Å². The number of hydrogen-bond acceptors (Lipinski definition) is 8. The fourth-order valence-corrected chi connectivity index (χ4v) is 6.79. The minimum Gasteiger partial charge on any atom is -0.462 e. The molecule has 3 aliphatic rings. The highest BCUT2D eigenvalue weighted by Gasteiger charge is 2.33. The molecule has 218 valence electrons. The predicted octanol–water partition coefficient (Wildman–Crippen LogP) is 4.09. The number of fused-ring (bicyclic) bond motifs is 2. The molecule has 2 atom stereocenters. The average Bonchev–Trinajstić information content (AvgIpc) is 3.43. The lowest BCUT2D eigenvalue weighted by Crippen LogP contribution is -2.55. The highest BCUT2D eigenvalue weighted by molar-refractivity contribution is 5.97. The molecule has 9 heteroatoms. The van der Waals surface area contributed by atoms with Crippen LogP contribution in [0.1, 0.15) is 36.1 Å². The summed E-state index contributed by atoms with van der Waals surface area (Å²) in [5, 5.41) is 12.0. The molecule has 2 fully saturated rings. The molecule has 1 unspecified atom stereocenters. The van der Waals surface area contributed by atoms with Gasteiger partial charge in [-0.3, -0.25) is 4.79 Å². The molecule has 0 N–H and O–H groups in total. The zero-order chi connectivity index (χ0) is 29.2. The van der Waals surface area contributed by atoms with Crippen LogP contribution in [0, 0.1) is 18.3 Å². The van der Waals surface area contributed by atoms with Gasteiger partial charge in [-0.05, 0) is 62.9 Å². The largest absolute Gasteiger partial charge is 0.462 e. The first-order valence-electron chi connectivity index (χ1n) is 15.0. The number of carbonyl (C=O) groups excluding carboxylic acids is 1. The number of aryl methyl sites for hydroxylation is 1. The second-order valence-corrected chi connectivity index (χ2v) is 11.7. The molecule has 0 bridgehead atoms. The van der Waals surface area contributed by atoms with Gasteiger partial charge in [-0.2, -0.15) is 15.2 Å². The van der Waals surface area contributed by atoms with Gasteiger partial charge in [-0.15, -0.1) is 0 Å². The lowest BCUT2D eigenvalue weighted by molar-refractivity contribution is -0.128. The van der Waals surface area contributed by atoms with Crippen molar-refractivity contribution in [2.75, 3.05) is 56.2 Å². The number of nitriles is 1. The van der Waals surface area contributed by atoms with Crippen molar-refractivity contribution in [2.24, 2.45) is 0 Å². The Labute approximate surface area is 248 Å². The summed E-state index contributed by atoms with van der Waals surface area (Å²) in [4.78, 5) is 31.3. The number of likely N-dealkylation sites (tertiary alicyclic amines) is 1. The molecule has 2 aromatic carbocycles. The van der Waals surface area contributed by atoms with Crippen molar-refractivity contribution in [2.45, 2.75) is 51.2 Å². The van der Waals surface area contributed by atoms with Gasteiger partial charge in [0, 0.05) is 48.9 Å². The number of nitrogens with zero attached hydrogens (tertiary/aromatic N) is 7. The SMILES string of the molecule is C=CC(=O)N1CCN(c2nc(OC[C@@H]3CCCN3C)nc3c2CCN(c2cccc4cccc(C)c24)C3)CC1CC#N. The van der Waals surface area contributed by atoms with Gasteiger partial charge in [0.1, 0.15) is 12.4 Å². The lowest BCUT2D eigenvalue weighted by Gasteiger charge is -2.42. The summed E-state index contributed by atoms with van der Waals surface area (Å²) in [6.07, 6.45) is 4.68. The Kier molecular flexibility index (Phi) is 7.98. The van der Waals surface area contributed by atoms with Crippen LogP contribution in [0.2, 0.25) is 0 Å². The van der Waals surface area contributed by atoms with Crippen molar-refractivity contribution >= 4 is 28.2 Å². The van der Waals surface area contributed by atoms with E-state index in [-0.39, 0.29) is 18.4 Å². The quantitative estimate of drug-likeness (QED) is 0.396. The van der Waals surface area contributed by atoms with Gasteiger partial charge in [-0.1, -0.05) is 36.9 Å². The summed E-state index contributed by atoms with van der Waals surface area (Å²) in [7, 11) is 2.14. The molecule has 4 heterocycles. The maximum atomic E-state index is 12.5. The first kappa shape index (κ1) is 28.0. The van der Waals surface area contributed by atoms with Gasteiger partial charge in [-0.25, -0.2) is 0 Å². The van der Waals surface area contributed by atoms with E-state index < -0.39 is 0 Å². The van der Waals surface area contributed by atoms with Crippen molar-refractivity contribution < 1.29 is 9.53 Å². The molecule has 42 heavy (non-hydrogen) atoms. The Morgan fingerprint density at radius 1 is 1.12 bits per heavy atom. The van der Waals surface area contributed by atoms with Gasteiger partial charge < -0.3 is 24.3 Å². The highest BCUT2D eigenvalue weighted by Crippen LogP contribution is 2.36. The predicted molar refractivity (Wildman–Crippen MR) is 165 cm³/mol. The van der Waals surface area contributed by atoms with Crippen molar-refractivity contribution in [3.8, 4) is 12.1 Å². The third-order valence-corrected chi connectivity index (χ3v) is 9.10. The Balaban J connectivity index is 1.34.